The van der Waals surface area contributed by atoms with Gasteiger partial charge in [-0.15, -0.1) is 0 Å². The van der Waals surface area contributed by atoms with Gasteiger partial charge in [0, 0.05) is 0 Å². The first-order chi connectivity index (χ1) is 10.3. The molecule has 0 N–H and O–H groups in total. The lowest BCUT2D eigenvalue weighted by atomic mass is 10.0. The van der Waals surface area contributed by atoms with Crippen molar-refractivity contribution in [3.05, 3.63) is 49.1 Å². The average Bonchev–Trinajstić information content (AvgIpc) is 2.49. The molecule has 0 bridgehead atoms. The maximum absolute atomic E-state index is 4.22. The highest BCUT2D eigenvalue weighted by Gasteiger charge is 1.96. The molecule has 0 nitrogen and oxygen atoms in total. The zero-order valence-corrected chi connectivity index (χ0v) is 14.3. The fourth-order valence-electron chi connectivity index (χ4n) is 2.41. The monoisotopic (exact) mass is 288 g/mol. The Kier molecular flexibility index (Phi) is 16.2. The van der Waals surface area contributed by atoms with E-state index in [4.69, 9.17) is 0 Å². The van der Waals surface area contributed by atoms with Gasteiger partial charge in [0.25, 0.3) is 0 Å². The topological polar surface area (TPSA) is 0 Å². The summed E-state index contributed by atoms with van der Waals surface area (Å²) >= 11 is 0. The fourth-order valence-corrected chi connectivity index (χ4v) is 2.41. The van der Waals surface area contributed by atoms with Crippen LogP contribution in [0.5, 0.6) is 0 Å². The number of hydrogen-bond acceptors (Lipinski definition) is 0. The van der Waals surface area contributed by atoms with Crippen LogP contribution in [0, 0.1) is 0 Å². The molecule has 0 aromatic rings. The van der Waals surface area contributed by atoms with Crippen molar-refractivity contribution in [1.82, 2.24) is 0 Å². The lowest BCUT2D eigenvalue weighted by molar-refractivity contribution is 0.583. The summed E-state index contributed by atoms with van der Waals surface area (Å²) in [5.41, 5.74) is 1.46. The minimum Gasteiger partial charge on any atom is -0.0999 e. The van der Waals surface area contributed by atoms with E-state index in [0.717, 1.165) is 0 Å². The van der Waals surface area contributed by atoms with E-state index in [-0.39, 0.29) is 0 Å². The van der Waals surface area contributed by atoms with Crippen LogP contribution in [0.15, 0.2) is 49.1 Å². The molecule has 21 heavy (non-hydrogen) atoms. The van der Waals surface area contributed by atoms with Gasteiger partial charge in [0.1, 0.15) is 0 Å². The van der Waals surface area contributed by atoms with Crippen molar-refractivity contribution in [2.75, 3.05) is 0 Å². The summed E-state index contributed by atoms with van der Waals surface area (Å²) in [4.78, 5) is 0. The molecule has 0 saturated heterocycles. The molecule has 0 aliphatic rings. The van der Waals surface area contributed by atoms with Gasteiger partial charge in [-0.1, -0.05) is 94.6 Å². The second-order valence-electron chi connectivity index (χ2n) is 5.92. The van der Waals surface area contributed by atoms with Gasteiger partial charge in [0.15, 0.2) is 0 Å². The standard InChI is InChI=1S/C21H36/c1-4-6-8-10-12-14-16-18-20-21(3)19-17-15-13-11-9-7-5-2/h4,6,8,10,12H,1,3,5,7,9,11,13-20H2,2H3. The summed E-state index contributed by atoms with van der Waals surface area (Å²) in [6, 6.07) is 0. The third-order valence-corrected chi connectivity index (χ3v) is 3.78. The van der Waals surface area contributed by atoms with E-state index < -0.39 is 0 Å². The van der Waals surface area contributed by atoms with Gasteiger partial charge in [0.05, 0.1) is 0 Å². The van der Waals surface area contributed by atoms with E-state index in [1.807, 2.05) is 12.2 Å². The van der Waals surface area contributed by atoms with Crippen LogP contribution < -0.4 is 0 Å². The van der Waals surface area contributed by atoms with Crippen LogP contribution in [0.3, 0.4) is 0 Å². The summed E-state index contributed by atoms with van der Waals surface area (Å²) in [6.45, 7) is 10.1. The molecule has 120 valence electrons. The molecule has 0 aliphatic carbocycles. The van der Waals surface area contributed by atoms with Crippen LogP contribution in [-0.4, -0.2) is 0 Å². The summed E-state index contributed by atoms with van der Waals surface area (Å²) < 4.78 is 0. The summed E-state index contributed by atoms with van der Waals surface area (Å²) in [5.74, 6) is 0. The Hall–Kier alpha value is -1.04. The maximum Gasteiger partial charge on any atom is -0.0323 e. The predicted molar refractivity (Wildman–Crippen MR) is 98.7 cm³/mol. The van der Waals surface area contributed by atoms with Crippen molar-refractivity contribution in [3.63, 3.8) is 0 Å². The summed E-state index contributed by atoms with van der Waals surface area (Å²) in [6.07, 6.45) is 26.1. The van der Waals surface area contributed by atoms with Crippen LogP contribution in [0.25, 0.3) is 0 Å². The molecule has 0 amide bonds. The molecule has 0 heterocycles. The minimum absolute atomic E-state index is 1.17. The molecule has 0 heteroatoms. The number of rotatable bonds is 15. The largest absolute Gasteiger partial charge is 0.0999 e. The van der Waals surface area contributed by atoms with Gasteiger partial charge >= 0.3 is 0 Å². The molecular formula is C21H36. The third-order valence-electron chi connectivity index (χ3n) is 3.78. The highest BCUT2D eigenvalue weighted by atomic mass is 14.0. The second kappa shape index (κ2) is 17.0. The number of unbranched alkanes of at least 4 members (excludes halogenated alkanes) is 8. The van der Waals surface area contributed by atoms with Crippen LogP contribution in [0.1, 0.15) is 84.0 Å². The highest BCUT2D eigenvalue weighted by molar-refractivity contribution is 5.08. The highest BCUT2D eigenvalue weighted by Crippen LogP contribution is 2.16. The molecule has 0 unspecified atom stereocenters. The van der Waals surface area contributed by atoms with E-state index in [1.54, 1.807) is 6.08 Å². The molecular weight excluding hydrogens is 252 g/mol. The van der Waals surface area contributed by atoms with E-state index in [2.05, 4.69) is 32.2 Å². The molecule has 0 saturated carbocycles. The molecule has 0 spiro atoms. The molecule has 0 aromatic heterocycles. The molecule has 0 radical (unpaired) electrons. The molecule has 0 aliphatic heterocycles. The molecule has 0 rings (SSSR count). The first kappa shape index (κ1) is 20.0. The third kappa shape index (κ3) is 16.9. The number of hydrogen-bond donors (Lipinski definition) is 0. The average molecular weight is 289 g/mol. The molecule has 0 aromatic carbocycles. The number of allylic oxidation sites excluding steroid dienone is 6. The van der Waals surface area contributed by atoms with Crippen molar-refractivity contribution in [2.24, 2.45) is 0 Å². The first-order valence-corrected chi connectivity index (χ1v) is 8.92. The Morgan fingerprint density at radius 2 is 1.38 bits per heavy atom. The maximum atomic E-state index is 4.22. The van der Waals surface area contributed by atoms with E-state index >= 15 is 0 Å². The van der Waals surface area contributed by atoms with Crippen LogP contribution in [-0.2, 0) is 0 Å². The Bertz CT molecular complexity index is 293. The lowest BCUT2D eigenvalue weighted by Crippen LogP contribution is -1.85. The van der Waals surface area contributed by atoms with Crippen LogP contribution in [0.4, 0.5) is 0 Å². The Morgan fingerprint density at radius 1 is 0.762 bits per heavy atom. The van der Waals surface area contributed by atoms with Gasteiger partial charge in [-0.05, 0) is 38.5 Å². The van der Waals surface area contributed by atoms with Gasteiger partial charge in [-0.3, -0.25) is 0 Å². The van der Waals surface area contributed by atoms with Crippen molar-refractivity contribution >= 4 is 0 Å². The van der Waals surface area contributed by atoms with E-state index in [1.165, 1.54) is 82.6 Å². The van der Waals surface area contributed by atoms with Gasteiger partial charge in [-0.2, -0.15) is 0 Å². The van der Waals surface area contributed by atoms with Crippen molar-refractivity contribution < 1.29 is 0 Å². The smallest absolute Gasteiger partial charge is 0.0323 e. The van der Waals surface area contributed by atoms with E-state index in [0.29, 0.717) is 0 Å². The van der Waals surface area contributed by atoms with Gasteiger partial charge in [-0.25, -0.2) is 0 Å². The van der Waals surface area contributed by atoms with Crippen molar-refractivity contribution in [3.8, 4) is 0 Å². The first-order valence-electron chi connectivity index (χ1n) is 8.92. The van der Waals surface area contributed by atoms with Gasteiger partial charge < -0.3 is 0 Å². The summed E-state index contributed by atoms with van der Waals surface area (Å²) in [5, 5.41) is 0. The normalized spacial score (nSPS) is 11.5. The SMILES string of the molecule is C=CC=CC=CCCCCC(=C)CCCCCCCCC. The Morgan fingerprint density at radius 3 is 2.05 bits per heavy atom. The second-order valence-corrected chi connectivity index (χ2v) is 5.92. The fraction of sp³-hybridized carbons (Fsp3) is 0.619. The van der Waals surface area contributed by atoms with Gasteiger partial charge in [0.2, 0.25) is 0 Å². The quantitative estimate of drug-likeness (QED) is 0.166. The van der Waals surface area contributed by atoms with Crippen molar-refractivity contribution in [2.45, 2.75) is 84.0 Å². The predicted octanol–water partition coefficient (Wildman–Crippen LogP) is 7.54. The van der Waals surface area contributed by atoms with Crippen LogP contribution in [0.2, 0.25) is 0 Å². The zero-order valence-electron chi connectivity index (χ0n) is 14.3. The van der Waals surface area contributed by atoms with Crippen LogP contribution >= 0.6 is 0 Å². The zero-order chi connectivity index (χ0) is 15.6. The molecule has 0 fully saturated rings. The molecule has 0 atom stereocenters. The van der Waals surface area contributed by atoms with E-state index in [9.17, 15) is 0 Å². The van der Waals surface area contributed by atoms with Crippen molar-refractivity contribution in [1.29, 1.82) is 0 Å². The Labute approximate surface area is 133 Å². The summed E-state index contributed by atoms with van der Waals surface area (Å²) in [7, 11) is 0. The lowest BCUT2D eigenvalue weighted by Gasteiger charge is -2.05. The Balaban J connectivity index is 3.29. The minimum atomic E-state index is 1.17.